The molecule has 2 nitrogen and oxygen atoms in total. The highest BCUT2D eigenvalue weighted by atomic mass is 16.5. The molecule has 1 N–H and O–H groups in total. The van der Waals surface area contributed by atoms with Crippen molar-refractivity contribution in [1.82, 2.24) is 4.98 Å². The molecular weight excluding hydrogens is 306 g/mol. The van der Waals surface area contributed by atoms with E-state index in [0.29, 0.717) is 0 Å². The van der Waals surface area contributed by atoms with E-state index in [2.05, 4.69) is 69.1 Å². The van der Waals surface area contributed by atoms with Gasteiger partial charge in [-0.3, -0.25) is 0 Å². The van der Waals surface area contributed by atoms with Gasteiger partial charge in [-0.25, -0.2) is 0 Å². The first-order chi connectivity index (χ1) is 12.0. The molecule has 0 aliphatic carbocycles. The first-order valence-electron chi connectivity index (χ1n) is 9.32. The van der Waals surface area contributed by atoms with Crippen LogP contribution in [0.4, 0.5) is 0 Å². The van der Waals surface area contributed by atoms with Gasteiger partial charge in [-0.1, -0.05) is 29.8 Å². The van der Waals surface area contributed by atoms with Gasteiger partial charge in [0, 0.05) is 21.9 Å². The molecule has 0 amide bonds. The monoisotopic (exact) mass is 333 g/mol. The summed E-state index contributed by atoms with van der Waals surface area (Å²) < 4.78 is 6.59. The third kappa shape index (κ3) is 2.84. The first-order valence-corrected chi connectivity index (χ1v) is 9.32. The summed E-state index contributed by atoms with van der Waals surface area (Å²) in [7, 11) is 0. The molecule has 25 heavy (non-hydrogen) atoms. The second-order valence-electron chi connectivity index (χ2n) is 7.97. The summed E-state index contributed by atoms with van der Waals surface area (Å²) in [6, 6.07) is 10.8. The molecule has 0 spiro atoms. The second-order valence-corrected chi connectivity index (χ2v) is 7.97. The molecule has 1 aromatic heterocycles. The van der Waals surface area contributed by atoms with Crippen LogP contribution < -0.4 is 4.74 Å². The number of aryl methyl sites for hydroxylation is 2. The molecule has 2 heterocycles. The first kappa shape index (κ1) is 16.3. The van der Waals surface area contributed by atoms with Crippen LogP contribution in [-0.4, -0.2) is 10.6 Å². The van der Waals surface area contributed by atoms with Crippen LogP contribution in [0.15, 0.2) is 42.0 Å². The predicted octanol–water partition coefficient (Wildman–Crippen LogP) is 6.46. The molecule has 0 unspecified atom stereocenters. The zero-order chi connectivity index (χ0) is 17.6. The van der Waals surface area contributed by atoms with Gasteiger partial charge >= 0.3 is 0 Å². The number of hydrogen-bond donors (Lipinski definition) is 1. The summed E-state index contributed by atoms with van der Waals surface area (Å²) in [5.41, 5.74) is 6.39. The zero-order valence-corrected chi connectivity index (χ0v) is 15.7. The van der Waals surface area contributed by atoms with E-state index in [9.17, 15) is 0 Å². The maximum Gasteiger partial charge on any atom is 0.128 e. The Morgan fingerprint density at radius 1 is 1.24 bits per heavy atom. The lowest BCUT2D eigenvalue weighted by molar-refractivity contribution is 0.0568. The highest BCUT2D eigenvalue weighted by Gasteiger charge is 2.33. The average molecular weight is 333 g/mol. The normalized spacial score (nSPS) is 19.7. The molecule has 2 heteroatoms. The molecule has 0 saturated carbocycles. The lowest BCUT2D eigenvalue weighted by Gasteiger charge is -2.37. The topological polar surface area (TPSA) is 25.0 Å². The number of fused-ring (bicyclic) bond motifs is 5. The Morgan fingerprint density at radius 2 is 2.04 bits per heavy atom. The molecule has 0 saturated heterocycles. The number of H-pyrrole nitrogens is 1. The standard InChI is InChI=1S/C23H27NO/c1-15(2)8-7-12-23(4)13-11-18-21-19(14-16(3)22(18)25-23)17-9-5-6-10-20(17)24-21/h5-6,8-10,14,24H,7,11-13H2,1-4H3/t23-/m0/s1. The van der Waals surface area contributed by atoms with Crippen molar-refractivity contribution >= 4 is 21.8 Å². The Bertz CT molecular complexity index is 975. The van der Waals surface area contributed by atoms with Crippen LogP contribution in [0.1, 0.15) is 51.2 Å². The molecule has 2 aromatic carbocycles. The number of aromatic amines is 1. The van der Waals surface area contributed by atoms with Crippen LogP contribution in [0.25, 0.3) is 21.8 Å². The third-order valence-electron chi connectivity index (χ3n) is 5.52. The maximum atomic E-state index is 6.59. The van der Waals surface area contributed by atoms with Gasteiger partial charge in [0.05, 0.1) is 5.52 Å². The van der Waals surface area contributed by atoms with Crippen LogP contribution in [0.5, 0.6) is 5.75 Å². The van der Waals surface area contributed by atoms with Gasteiger partial charge < -0.3 is 9.72 Å². The number of nitrogens with one attached hydrogen (secondary N) is 1. The van der Waals surface area contributed by atoms with Crippen LogP contribution >= 0.6 is 0 Å². The number of allylic oxidation sites excluding steroid dienone is 2. The van der Waals surface area contributed by atoms with E-state index in [-0.39, 0.29) is 5.60 Å². The molecule has 1 aliphatic heterocycles. The van der Waals surface area contributed by atoms with Crippen molar-refractivity contribution in [2.45, 2.75) is 59.0 Å². The van der Waals surface area contributed by atoms with Crippen molar-refractivity contribution in [1.29, 1.82) is 0 Å². The largest absolute Gasteiger partial charge is 0.487 e. The summed E-state index contributed by atoms with van der Waals surface area (Å²) >= 11 is 0. The highest BCUT2D eigenvalue weighted by Crippen LogP contribution is 2.43. The molecule has 0 fully saturated rings. The van der Waals surface area contributed by atoms with Crippen molar-refractivity contribution in [2.24, 2.45) is 0 Å². The Labute approximate surface area is 149 Å². The Hall–Kier alpha value is -2.22. The lowest BCUT2D eigenvalue weighted by Crippen LogP contribution is -2.36. The Morgan fingerprint density at radius 3 is 2.84 bits per heavy atom. The van der Waals surface area contributed by atoms with Crippen molar-refractivity contribution in [2.75, 3.05) is 0 Å². The van der Waals surface area contributed by atoms with Gasteiger partial charge in [-0.05, 0) is 71.1 Å². The molecule has 1 atom stereocenters. The molecule has 0 radical (unpaired) electrons. The van der Waals surface area contributed by atoms with Gasteiger partial charge in [0.25, 0.3) is 0 Å². The van der Waals surface area contributed by atoms with E-state index < -0.39 is 0 Å². The molecule has 0 bridgehead atoms. The minimum atomic E-state index is -0.0661. The van der Waals surface area contributed by atoms with Crippen LogP contribution in [0, 0.1) is 6.92 Å². The summed E-state index contributed by atoms with van der Waals surface area (Å²) in [5.74, 6) is 1.10. The predicted molar refractivity (Wildman–Crippen MR) is 107 cm³/mol. The summed E-state index contributed by atoms with van der Waals surface area (Å²) in [6.45, 7) is 8.78. The highest BCUT2D eigenvalue weighted by molar-refractivity contribution is 6.09. The molecular formula is C23H27NO. The van der Waals surface area contributed by atoms with Crippen molar-refractivity contribution in [3.63, 3.8) is 0 Å². The summed E-state index contributed by atoms with van der Waals surface area (Å²) in [6.07, 6.45) is 6.62. The van der Waals surface area contributed by atoms with Gasteiger partial charge in [-0.2, -0.15) is 0 Å². The summed E-state index contributed by atoms with van der Waals surface area (Å²) in [5, 5.41) is 2.63. The second kappa shape index (κ2) is 5.94. The van der Waals surface area contributed by atoms with Crippen molar-refractivity contribution < 1.29 is 4.74 Å². The fourth-order valence-corrected chi connectivity index (χ4v) is 4.09. The third-order valence-corrected chi connectivity index (χ3v) is 5.52. The minimum Gasteiger partial charge on any atom is -0.487 e. The quantitative estimate of drug-likeness (QED) is 0.547. The van der Waals surface area contributed by atoms with Gasteiger partial charge in [0.1, 0.15) is 11.4 Å². The van der Waals surface area contributed by atoms with E-state index in [1.54, 1.807) is 0 Å². The number of hydrogen-bond acceptors (Lipinski definition) is 1. The fourth-order valence-electron chi connectivity index (χ4n) is 4.09. The van der Waals surface area contributed by atoms with Crippen LogP contribution in [0.2, 0.25) is 0 Å². The van der Waals surface area contributed by atoms with Gasteiger partial charge in [0.15, 0.2) is 0 Å². The van der Waals surface area contributed by atoms with E-state index in [4.69, 9.17) is 4.74 Å². The fraction of sp³-hybridized carbons (Fsp3) is 0.391. The number of ether oxygens (including phenoxy) is 1. The molecule has 4 rings (SSSR count). The zero-order valence-electron chi connectivity index (χ0n) is 15.7. The van der Waals surface area contributed by atoms with Crippen LogP contribution in [-0.2, 0) is 6.42 Å². The average Bonchev–Trinajstić information content (AvgIpc) is 2.93. The number of rotatable bonds is 3. The minimum absolute atomic E-state index is 0.0661. The number of aromatic nitrogens is 1. The molecule has 130 valence electrons. The van der Waals surface area contributed by atoms with Gasteiger partial charge in [-0.15, -0.1) is 0 Å². The Kier molecular flexibility index (Phi) is 3.87. The number of benzene rings is 2. The van der Waals surface area contributed by atoms with E-state index in [0.717, 1.165) is 31.4 Å². The van der Waals surface area contributed by atoms with Crippen molar-refractivity contribution in [3.05, 3.63) is 53.1 Å². The van der Waals surface area contributed by atoms with Gasteiger partial charge in [0.2, 0.25) is 0 Å². The molecule has 1 aliphatic rings. The maximum absolute atomic E-state index is 6.59. The smallest absolute Gasteiger partial charge is 0.128 e. The molecule has 3 aromatic rings. The van der Waals surface area contributed by atoms with E-state index >= 15 is 0 Å². The van der Waals surface area contributed by atoms with E-state index in [1.807, 2.05) is 0 Å². The SMILES string of the molecule is CC(C)=CCC[C@@]1(C)CCc2c(c(C)cc3c2[nH]c2ccccc23)O1. The summed E-state index contributed by atoms with van der Waals surface area (Å²) in [4.78, 5) is 3.63. The Balaban J connectivity index is 1.76. The number of para-hydroxylation sites is 1. The van der Waals surface area contributed by atoms with Crippen LogP contribution in [0.3, 0.4) is 0 Å². The van der Waals surface area contributed by atoms with Crippen molar-refractivity contribution in [3.8, 4) is 5.75 Å². The van der Waals surface area contributed by atoms with E-state index in [1.165, 1.54) is 38.5 Å². The lowest BCUT2D eigenvalue weighted by atomic mass is 9.87.